The molecule has 0 bridgehead atoms. The van der Waals surface area contributed by atoms with E-state index in [2.05, 4.69) is 4.72 Å². The Morgan fingerprint density at radius 3 is 2.42 bits per heavy atom. The van der Waals surface area contributed by atoms with Crippen molar-refractivity contribution in [2.24, 2.45) is 0 Å². The third-order valence-corrected chi connectivity index (χ3v) is 5.40. The minimum atomic E-state index is -3.86. The maximum Gasteiger partial charge on any atom is 0.261 e. The Bertz CT molecular complexity index is 885. The number of benzene rings is 2. The van der Waals surface area contributed by atoms with Crippen molar-refractivity contribution in [2.75, 3.05) is 16.2 Å². The number of nitrogens with one attached hydrogen (secondary N) is 1. The summed E-state index contributed by atoms with van der Waals surface area (Å²) in [7, 11) is -3.86. The fourth-order valence-corrected chi connectivity index (χ4v) is 3.85. The third kappa shape index (κ3) is 3.37. The van der Waals surface area contributed by atoms with Crippen LogP contribution in [0.5, 0.6) is 0 Å². The van der Waals surface area contributed by atoms with E-state index >= 15 is 0 Å². The van der Waals surface area contributed by atoms with Crippen LogP contribution in [0.3, 0.4) is 0 Å². The molecule has 0 aliphatic carbocycles. The van der Waals surface area contributed by atoms with Crippen LogP contribution < -0.4 is 9.62 Å². The summed E-state index contributed by atoms with van der Waals surface area (Å²) in [4.78, 5) is 13.4. The molecule has 8 heteroatoms. The number of anilines is 2. The molecule has 1 amide bonds. The number of hydrogen-bond acceptors (Lipinski definition) is 3. The molecule has 0 unspecified atom stereocenters. The van der Waals surface area contributed by atoms with Gasteiger partial charge in [0.05, 0.1) is 15.6 Å². The van der Waals surface area contributed by atoms with Crippen molar-refractivity contribution in [3.05, 3.63) is 53.3 Å². The van der Waals surface area contributed by atoms with E-state index in [4.69, 9.17) is 11.6 Å². The molecule has 2 aromatic rings. The van der Waals surface area contributed by atoms with E-state index in [-0.39, 0.29) is 21.5 Å². The lowest BCUT2D eigenvalue weighted by Crippen LogP contribution is -2.23. The first-order valence-corrected chi connectivity index (χ1v) is 9.11. The zero-order valence-corrected chi connectivity index (χ0v) is 14.1. The molecule has 0 saturated carbocycles. The molecule has 0 radical (unpaired) electrons. The van der Waals surface area contributed by atoms with Crippen LogP contribution in [0.15, 0.2) is 47.4 Å². The van der Waals surface area contributed by atoms with Gasteiger partial charge in [0.15, 0.2) is 0 Å². The van der Waals surface area contributed by atoms with E-state index in [9.17, 15) is 17.6 Å². The lowest BCUT2D eigenvalue weighted by Gasteiger charge is -2.16. The molecular weight excluding hydrogens is 355 g/mol. The number of halogens is 2. The standard InChI is InChI=1S/C16H14ClFN2O3S/c17-14-10-11(18)3-8-15(14)19-24(22,23)13-6-4-12(5-7-13)20-9-1-2-16(20)21/h3-8,10,19H,1-2,9H2. The van der Waals surface area contributed by atoms with Gasteiger partial charge in [0.25, 0.3) is 10.0 Å². The predicted octanol–water partition coefficient (Wildman–Crippen LogP) is 3.41. The molecule has 2 aromatic carbocycles. The molecular formula is C16H14ClFN2O3S. The molecule has 0 spiro atoms. The van der Waals surface area contributed by atoms with Gasteiger partial charge < -0.3 is 4.90 Å². The van der Waals surface area contributed by atoms with Crippen molar-refractivity contribution < 1.29 is 17.6 Å². The lowest BCUT2D eigenvalue weighted by atomic mass is 10.3. The summed E-state index contributed by atoms with van der Waals surface area (Å²) in [6.07, 6.45) is 1.30. The largest absolute Gasteiger partial charge is 0.312 e. The Morgan fingerprint density at radius 2 is 1.83 bits per heavy atom. The van der Waals surface area contributed by atoms with Gasteiger partial charge in [-0.3, -0.25) is 9.52 Å². The van der Waals surface area contributed by atoms with Crippen molar-refractivity contribution >= 4 is 38.9 Å². The molecule has 1 N–H and O–H groups in total. The molecule has 0 aromatic heterocycles. The van der Waals surface area contributed by atoms with Gasteiger partial charge in [-0.2, -0.15) is 0 Å². The Labute approximate surface area is 144 Å². The summed E-state index contributed by atoms with van der Waals surface area (Å²) >= 11 is 5.84. The minimum Gasteiger partial charge on any atom is -0.312 e. The van der Waals surface area contributed by atoms with Gasteiger partial charge in [0.1, 0.15) is 5.82 Å². The van der Waals surface area contributed by atoms with Crippen LogP contribution in [0.25, 0.3) is 0 Å². The first-order valence-electron chi connectivity index (χ1n) is 7.25. The fourth-order valence-electron chi connectivity index (χ4n) is 2.50. The molecule has 1 aliphatic heterocycles. The van der Waals surface area contributed by atoms with Crippen molar-refractivity contribution in [3.63, 3.8) is 0 Å². The molecule has 126 valence electrons. The first-order chi connectivity index (χ1) is 11.4. The molecule has 24 heavy (non-hydrogen) atoms. The van der Waals surface area contributed by atoms with Crippen molar-refractivity contribution in [3.8, 4) is 0 Å². The van der Waals surface area contributed by atoms with E-state index in [0.717, 1.165) is 18.6 Å². The van der Waals surface area contributed by atoms with Crippen LogP contribution in [-0.4, -0.2) is 20.9 Å². The number of carbonyl (C=O) groups excluding carboxylic acids is 1. The van der Waals surface area contributed by atoms with Gasteiger partial charge in [-0.05, 0) is 48.9 Å². The first kappa shape index (κ1) is 16.7. The van der Waals surface area contributed by atoms with Crippen LogP contribution >= 0.6 is 11.6 Å². The summed E-state index contributed by atoms with van der Waals surface area (Å²) in [5, 5.41) is -0.0298. The summed E-state index contributed by atoms with van der Waals surface area (Å²) in [6, 6.07) is 9.41. The van der Waals surface area contributed by atoms with E-state index in [0.29, 0.717) is 18.7 Å². The van der Waals surface area contributed by atoms with Gasteiger partial charge in [0.2, 0.25) is 5.91 Å². The van der Waals surface area contributed by atoms with E-state index in [1.54, 1.807) is 17.0 Å². The fraction of sp³-hybridized carbons (Fsp3) is 0.188. The maximum atomic E-state index is 13.0. The number of sulfonamides is 1. The highest BCUT2D eigenvalue weighted by molar-refractivity contribution is 7.92. The molecule has 0 atom stereocenters. The van der Waals surface area contributed by atoms with Gasteiger partial charge in [0, 0.05) is 18.7 Å². The number of rotatable bonds is 4. The van der Waals surface area contributed by atoms with Crippen LogP contribution in [0.4, 0.5) is 15.8 Å². The highest BCUT2D eigenvalue weighted by Gasteiger charge is 2.22. The summed E-state index contributed by atoms with van der Waals surface area (Å²) in [5.74, 6) is -0.524. The zero-order valence-electron chi connectivity index (χ0n) is 12.5. The lowest BCUT2D eigenvalue weighted by molar-refractivity contribution is -0.117. The molecule has 5 nitrogen and oxygen atoms in total. The van der Waals surface area contributed by atoms with Gasteiger partial charge in [-0.25, -0.2) is 12.8 Å². The Hall–Kier alpha value is -2.12. The van der Waals surface area contributed by atoms with Crippen molar-refractivity contribution in [1.29, 1.82) is 0 Å². The van der Waals surface area contributed by atoms with E-state index < -0.39 is 15.8 Å². The SMILES string of the molecule is O=C1CCCN1c1ccc(S(=O)(=O)Nc2ccc(F)cc2Cl)cc1. The molecule has 3 rings (SSSR count). The minimum absolute atomic E-state index is 0.0262. The summed E-state index contributed by atoms with van der Waals surface area (Å²) in [6.45, 7) is 0.633. The van der Waals surface area contributed by atoms with Crippen LogP contribution in [0.1, 0.15) is 12.8 Å². The zero-order chi connectivity index (χ0) is 17.3. The van der Waals surface area contributed by atoms with E-state index in [1.807, 2.05) is 0 Å². The normalized spacial score (nSPS) is 14.9. The maximum absolute atomic E-state index is 13.0. The third-order valence-electron chi connectivity index (χ3n) is 3.71. The van der Waals surface area contributed by atoms with Gasteiger partial charge >= 0.3 is 0 Å². The number of hydrogen-bond donors (Lipinski definition) is 1. The Balaban J connectivity index is 1.83. The Morgan fingerprint density at radius 1 is 1.12 bits per heavy atom. The average Bonchev–Trinajstić information content (AvgIpc) is 2.96. The van der Waals surface area contributed by atoms with E-state index in [1.165, 1.54) is 18.2 Å². The summed E-state index contributed by atoms with van der Waals surface area (Å²) < 4.78 is 40.1. The quantitative estimate of drug-likeness (QED) is 0.899. The predicted molar refractivity (Wildman–Crippen MR) is 90.2 cm³/mol. The topological polar surface area (TPSA) is 66.5 Å². The monoisotopic (exact) mass is 368 g/mol. The number of amides is 1. The molecule has 1 fully saturated rings. The van der Waals surface area contributed by atoms with Crippen molar-refractivity contribution in [1.82, 2.24) is 0 Å². The Kier molecular flexibility index (Phi) is 4.47. The smallest absolute Gasteiger partial charge is 0.261 e. The molecule has 1 heterocycles. The second kappa shape index (κ2) is 6.41. The highest BCUT2D eigenvalue weighted by Crippen LogP contribution is 2.27. The second-order valence-corrected chi connectivity index (χ2v) is 7.46. The average molecular weight is 369 g/mol. The highest BCUT2D eigenvalue weighted by atomic mass is 35.5. The molecule has 1 saturated heterocycles. The molecule has 1 aliphatic rings. The van der Waals surface area contributed by atoms with Crippen LogP contribution in [0, 0.1) is 5.82 Å². The number of nitrogens with zero attached hydrogens (tertiary/aromatic N) is 1. The second-order valence-electron chi connectivity index (χ2n) is 5.37. The van der Waals surface area contributed by atoms with Crippen molar-refractivity contribution in [2.45, 2.75) is 17.7 Å². The number of carbonyl (C=O) groups is 1. The summed E-state index contributed by atoms with van der Waals surface area (Å²) in [5.41, 5.74) is 0.758. The van der Waals surface area contributed by atoms with Gasteiger partial charge in [-0.1, -0.05) is 11.6 Å². The van der Waals surface area contributed by atoms with Crippen LogP contribution in [0.2, 0.25) is 5.02 Å². The van der Waals surface area contributed by atoms with Crippen LogP contribution in [-0.2, 0) is 14.8 Å². The van der Waals surface area contributed by atoms with Gasteiger partial charge in [-0.15, -0.1) is 0 Å².